The van der Waals surface area contributed by atoms with Gasteiger partial charge in [0.15, 0.2) is 5.71 Å². The number of hydrogen-bond donors (Lipinski definition) is 0. The van der Waals surface area contributed by atoms with Crippen LogP contribution in [0.25, 0.3) is 5.57 Å². The van der Waals surface area contributed by atoms with Crippen molar-refractivity contribution >= 4 is 11.3 Å². The zero-order chi connectivity index (χ0) is 17.8. The third-order valence-corrected chi connectivity index (χ3v) is 4.44. The predicted molar refractivity (Wildman–Crippen MR) is 106 cm³/mol. The van der Waals surface area contributed by atoms with E-state index in [2.05, 4.69) is 92.4 Å². The van der Waals surface area contributed by atoms with Crippen molar-refractivity contribution in [3.05, 3.63) is 95.1 Å². The topological polar surface area (TPSA) is 12.2 Å². The van der Waals surface area contributed by atoms with Crippen molar-refractivity contribution in [2.24, 2.45) is 0 Å². The molecule has 0 aliphatic heterocycles. The number of ether oxygens (including phenoxy) is 1. The van der Waals surface area contributed by atoms with Gasteiger partial charge in [-0.3, -0.25) is 0 Å². The second-order valence-electron chi connectivity index (χ2n) is 6.36. The van der Waals surface area contributed by atoms with Crippen LogP contribution < -0.4 is 4.74 Å². The molecule has 0 atom stereocenters. The van der Waals surface area contributed by atoms with Crippen LogP contribution >= 0.6 is 0 Å². The SMILES string of the molecule is COc1ccc(C(=C2C=CC(=[N+](C)C)C=C2)c2ccccc2)c(C)c1. The predicted octanol–water partition coefficient (Wildman–Crippen LogP) is 4.64. The van der Waals surface area contributed by atoms with Gasteiger partial charge in [-0.2, -0.15) is 0 Å². The van der Waals surface area contributed by atoms with Gasteiger partial charge in [-0.15, -0.1) is 0 Å². The van der Waals surface area contributed by atoms with E-state index in [9.17, 15) is 0 Å². The summed E-state index contributed by atoms with van der Waals surface area (Å²) >= 11 is 0. The van der Waals surface area contributed by atoms with Crippen molar-refractivity contribution in [3.8, 4) is 5.75 Å². The van der Waals surface area contributed by atoms with Crippen LogP contribution in [-0.4, -0.2) is 31.5 Å². The maximum atomic E-state index is 5.37. The summed E-state index contributed by atoms with van der Waals surface area (Å²) in [6, 6.07) is 16.8. The first-order chi connectivity index (χ1) is 12.1. The quantitative estimate of drug-likeness (QED) is 0.747. The molecule has 0 amide bonds. The summed E-state index contributed by atoms with van der Waals surface area (Å²) in [5.74, 6) is 0.886. The molecular formula is C23H24NO+. The first kappa shape index (κ1) is 17.0. The van der Waals surface area contributed by atoms with Crippen molar-refractivity contribution in [1.29, 1.82) is 0 Å². The average molecular weight is 330 g/mol. The minimum atomic E-state index is 0.886. The molecular weight excluding hydrogens is 306 g/mol. The van der Waals surface area contributed by atoms with Crippen LogP contribution in [0.3, 0.4) is 0 Å². The van der Waals surface area contributed by atoms with E-state index in [1.165, 1.54) is 33.5 Å². The maximum absolute atomic E-state index is 5.37. The Morgan fingerprint density at radius 3 is 2.12 bits per heavy atom. The molecule has 25 heavy (non-hydrogen) atoms. The molecule has 0 saturated carbocycles. The molecule has 0 saturated heterocycles. The first-order valence-electron chi connectivity index (χ1n) is 8.45. The molecule has 1 aliphatic carbocycles. The third-order valence-electron chi connectivity index (χ3n) is 4.44. The molecule has 0 fully saturated rings. The monoisotopic (exact) mass is 330 g/mol. The van der Waals surface area contributed by atoms with E-state index in [0.29, 0.717) is 0 Å². The molecule has 0 unspecified atom stereocenters. The molecule has 2 nitrogen and oxygen atoms in total. The van der Waals surface area contributed by atoms with Crippen LogP contribution in [0.5, 0.6) is 5.75 Å². The smallest absolute Gasteiger partial charge is 0.199 e. The molecule has 3 rings (SSSR count). The van der Waals surface area contributed by atoms with E-state index >= 15 is 0 Å². The third kappa shape index (κ3) is 3.63. The maximum Gasteiger partial charge on any atom is 0.199 e. The standard InChI is InChI=1S/C23H24NO/c1-17-16-21(25-4)14-15-22(17)23(18-8-6-5-7-9-18)19-10-12-20(13-11-19)24(2)3/h5-16H,1-4H3/q+1. The number of benzene rings is 2. The van der Waals surface area contributed by atoms with Crippen LogP contribution in [0, 0.1) is 6.92 Å². The van der Waals surface area contributed by atoms with Gasteiger partial charge >= 0.3 is 0 Å². The number of allylic oxidation sites excluding steroid dienone is 5. The summed E-state index contributed by atoms with van der Waals surface area (Å²) in [6.07, 6.45) is 8.72. The van der Waals surface area contributed by atoms with Gasteiger partial charge in [0.1, 0.15) is 19.8 Å². The van der Waals surface area contributed by atoms with E-state index in [4.69, 9.17) is 4.74 Å². The molecule has 2 aromatic carbocycles. The van der Waals surface area contributed by atoms with Crippen molar-refractivity contribution in [1.82, 2.24) is 0 Å². The second-order valence-corrected chi connectivity index (χ2v) is 6.36. The molecule has 0 N–H and O–H groups in total. The van der Waals surface area contributed by atoms with Gasteiger partial charge in [-0.1, -0.05) is 36.4 Å². The summed E-state index contributed by atoms with van der Waals surface area (Å²) in [5, 5.41) is 0. The highest BCUT2D eigenvalue weighted by atomic mass is 16.5. The second kappa shape index (κ2) is 7.35. The number of nitrogens with zero attached hydrogens (tertiary/aromatic N) is 1. The summed E-state index contributed by atoms with van der Waals surface area (Å²) in [4.78, 5) is 0. The molecule has 0 aromatic heterocycles. The molecule has 2 heteroatoms. The largest absolute Gasteiger partial charge is 0.497 e. The number of hydrogen-bond acceptors (Lipinski definition) is 1. The Bertz CT molecular complexity index is 877. The zero-order valence-electron chi connectivity index (χ0n) is 15.3. The van der Waals surface area contributed by atoms with Crippen LogP contribution in [0.4, 0.5) is 0 Å². The molecule has 0 heterocycles. The van der Waals surface area contributed by atoms with Crippen molar-refractivity contribution in [2.75, 3.05) is 21.2 Å². The Hall–Kier alpha value is -2.87. The van der Waals surface area contributed by atoms with Gasteiger partial charge in [0.25, 0.3) is 0 Å². The Balaban J connectivity index is 2.20. The molecule has 126 valence electrons. The van der Waals surface area contributed by atoms with E-state index in [0.717, 1.165) is 5.75 Å². The highest BCUT2D eigenvalue weighted by Gasteiger charge is 2.14. The molecule has 0 spiro atoms. The normalized spacial score (nSPS) is 13.1. The Morgan fingerprint density at radius 1 is 0.880 bits per heavy atom. The summed E-state index contributed by atoms with van der Waals surface area (Å²) < 4.78 is 7.48. The van der Waals surface area contributed by atoms with Gasteiger partial charge in [0.05, 0.1) is 7.11 Å². The van der Waals surface area contributed by atoms with E-state index in [-0.39, 0.29) is 0 Å². The molecule has 0 bridgehead atoms. The molecule has 1 aliphatic rings. The van der Waals surface area contributed by atoms with Gasteiger partial charge in [-0.25, -0.2) is 4.58 Å². The average Bonchev–Trinajstić information content (AvgIpc) is 2.64. The lowest BCUT2D eigenvalue weighted by Crippen LogP contribution is -2.10. The van der Waals surface area contributed by atoms with Gasteiger partial charge in [-0.05, 0) is 59.0 Å². The Labute approximate surface area is 150 Å². The van der Waals surface area contributed by atoms with Crippen molar-refractivity contribution in [3.63, 3.8) is 0 Å². The fourth-order valence-corrected chi connectivity index (χ4v) is 3.05. The minimum absolute atomic E-state index is 0.886. The number of aryl methyl sites for hydroxylation is 1. The van der Waals surface area contributed by atoms with Crippen molar-refractivity contribution in [2.45, 2.75) is 6.92 Å². The first-order valence-corrected chi connectivity index (χ1v) is 8.45. The zero-order valence-corrected chi connectivity index (χ0v) is 15.3. The fraction of sp³-hybridized carbons (Fsp3) is 0.174. The lowest BCUT2D eigenvalue weighted by molar-refractivity contribution is -0.462. The summed E-state index contributed by atoms with van der Waals surface area (Å²) in [5.41, 5.74) is 7.30. The fourth-order valence-electron chi connectivity index (χ4n) is 3.05. The molecule has 0 radical (unpaired) electrons. The van der Waals surface area contributed by atoms with Gasteiger partial charge < -0.3 is 4.74 Å². The summed E-state index contributed by atoms with van der Waals surface area (Å²) in [6.45, 7) is 2.13. The Kier molecular flexibility index (Phi) is 4.99. The number of methoxy groups -OCH3 is 1. The van der Waals surface area contributed by atoms with E-state index in [1.807, 2.05) is 6.07 Å². The van der Waals surface area contributed by atoms with Crippen LogP contribution in [-0.2, 0) is 0 Å². The Morgan fingerprint density at radius 2 is 1.56 bits per heavy atom. The lowest BCUT2D eigenvalue weighted by Gasteiger charge is -2.16. The summed E-state index contributed by atoms with van der Waals surface area (Å²) in [7, 11) is 5.82. The van der Waals surface area contributed by atoms with Crippen molar-refractivity contribution < 1.29 is 9.31 Å². The highest BCUT2D eigenvalue weighted by Crippen LogP contribution is 2.33. The minimum Gasteiger partial charge on any atom is -0.497 e. The highest BCUT2D eigenvalue weighted by molar-refractivity contribution is 6.04. The van der Waals surface area contributed by atoms with E-state index in [1.54, 1.807) is 7.11 Å². The van der Waals surface area contributed by atoms with Gasteiger partial charge in [0.2, 0.25) is 0 Å². The van der Waals surface area contributed by atoms with Crippen LogP contribution in [0.2, 0.25) is 0 Å². The van der Waals surface area contributed by atoms with Crippen LogP contribution in [0.1, 0.15) is 16.7 Å². The lowest BCUT2D eigenvalue weighted by atomic mass is 9.88. The van der Waals surface area contributed by atoms with Crippen LogP contribution in [0.15, 0.2) is 78.4 Å². The number of rotatable bonds is 3. The molecule has 2 aromatic rings. The van der Waals surface area contributed by atoms with E-state index < -0.39 is 0 Å². The van der Waals surface area contributed by atoms with Gasteiger partial charge in [0, 0.05) is 12.2 Å².